The van der Waals surface area contributed by atoms with E-state index < -0.39 is 0 Å². The van der Waals surface area contributed by atoms with E-state index in [9.17, 15) is 0 Å². The van der Waals surface area contributed by atoms with Crippen molar-refractivity contribution < 1.29 is 0 Å². The van der Waals surface area contributed by atoms with Crippen molar-refractivity contribution in [3.05, 3.63) is 28.2 Å². The van der Waals surface area contributed by atoms with Gasteiger partial charge in [0, 0.05) is 35.8 Å². The summed E-state index contributed by atoms with van der Waals surface area (Å²) in [6.45, 7) is 9.40. The first-order chi connectivity index (χ1) is 8.96. The van der Waals surface area contributed by atoms with Gasteiger partial charge in [0.15, 0.2) is 0 Å². The quantitative estimate of drug-likeness (QED) is 0.894. The molecule has 1 aliphatic heterocycles. The molecular formula is C15H24BrN3. The third-order valence-corrected chi connectivity index (χ3v) is 4.72. The molecule has 0 amide bonds. The second-order valence-electron chi connectivity index (χ2n) is 5.91. The lowest BCUT2D eigenvalue weighted by molar-refractivity contribution is 0.262. The molecule has 0 radical (unpaired) electrons. The molecule has 19 heavy (non-hydrogen) atoms. The van der Waals surface area contributed by atoms with Crippen LogP contribution in [0.25, 0.3) is 0 Å². The summed E-state index contributed by atoms with van der Waals surface area (Å²) in [4.78, 5) is 2.49. The molecule has 1 aromatic carbocycles. The van der Waals surface area contributed by atoms with E-state index in [1.54, 1.807) is 0 Å². The molecule has 1 aliphatic rings. The number of aryl methyl sites for hydroxylation is 1. The molecule has 0 spiro atoms. The van der Waals surface area contributed by atoms with E-state index in [0.29, 0.717) is 12.6 Å². The van der Waals surface area contributed by atoms with E-state index in [1.807, 2.05) is 0 Å². The van der Waals surface area contributed by atoms with Crippen LogP contribution in [-0.4, -0.2) is 36.1 Å². The minimum atomic E-state index is 0.000579. The van der Waals surface area contributed by atoms with Crippen LogP contribution in [0.5, 0.6) is 0 Å². The van der Waals surface area contributed by atoms with Gasteiger partial charge in [0.1, 0.15) is 0 Å². The molecule has 1 heterocycles. The Kier molecular flexibility index (Phi) is 4.54. The maximum atomic E-state index is 6.06. The van der Waals surface area contributed by atoms with Gasteiger partial charge in [0.05, 0.1) is 5.54 Å². The molecule has 3 nitrogen and oxygen atoms in total. The third-order valence-electron chi connectivity index (χ3n) is 4.03. The van der Waals surface area contributed by atoms with Crippen molar-refractivity contribution >= 4 is 21.6 Å². The lowest BCUT2D eigenvalue weighted by Crippen LogP contribution is -2.48. The Bertz CT molecular complexity index is 447. The van der Waals surface area contributed by atoms with Gasteiger partial charge in [-0.15, -0.1) is 0 Å². The minimum absolute atomic E-state index is 0.000579. The summed E-state index contributed by atoms with van der Waals surface area (Å²) in [6, 6.07) is 6.96. The normalized spacial score (nSPS) is 24.1. The molecule has 1 saturated heterocycles. The van der Waals surface area contributed by atoms with Crippen molar-refractivity contribution in [3.8, 4) is 0 Å². The summed E-state index contributed by atoms with van der Waals surface area (Å²) in [5.41, 5.74) is 8.47. The van der Waals surface area contributed by atoms with Gasteiger partial charge in [-0.25, -0.2) is 0 Å². The number of hydrogen-bond acceptors (Lipinski definition) is 3. The molecular weight excluding hydrogens is 302 g/mol. The maximum absolute atomic E-state index is 6.06. The summed E-state index contributed by atoms with van der Waals surface area (Å²) in [6.07, 6.45) is 1.10. The van der Waals surface area contributed by atoms with E-state index in [1.165, 1.54) is 5.56 Å². The Labute approximate surface area is 124 Å². The van der Waals surface area contributed by atoms with Crippen LogP contribution in [0.15, 0.2) is 22.7 Å². The Morgan fingerprint density at radius 2 is 2.21 bits per heavy atom. The van der Waals surface area contributed by atoms with Gasteiger partial charge < -0.3 is 11.1 Å². The Morgan fingerprint density at radius 3 is 2.79 bits per heavy atom. The van der Waals surface area contributed by atoms with Crippen LogP contribution in [0.2, 0.25) is 0 Å². The summed E-state index contributed by atoms with van der Waals surface area (Å²) < 4.78 is 1.11. The molecule has 2 rings (SSSR count). The molecule has 0 bridgehead atoms. The largest absolute Gasteiger partial charge is 0.376 e. The minimum Gasteiger partial charge on any atom is -0.376 e. The van der Waals surface area contributed by atoms with E-state index in [-0.39, 0.29) is 5.54 Å². The first-order valence-electron chi connectivity index (χ1n) is 6.94. The number of hydrogen-bond donors (Lipinski definition) is 2. The van der Waals surface area contributed by atoms with Gasteiger partial charge in [-0.3, -0.25) is 4.90 Å². The fourth-order valence-corrected chi connectivity index (χ4v) is 3.03. The van der Waals surface area contributed by atoms with Gasteiger partial charge in [-0.1, -0.05) is 6.07 Å². The van der Waals surface area contributed by atoms with Crippen LogP contribution in [0.4, 0.5) is 5.69 Å². The SMILES string of the molecule is Cc1ccc(Br)c(NC2(CN)CCN(C(C)C)C2)c1. The van der Waals surface area contributed by atoms with Gasteiger partial charge in [-0.2, -0.15) is 0 Å². The van der Waals surface area contributed by atoms with Crippen LogP contribution >= 0.6 is 15.9 Å². The first kappa shape index (κ1) is 14.8. The molecule has 1 aromatic rings. The zero-order chi connectivity index (χ0) is 14.0. The number of benzene rings is 1. The maximum Gasteiger partial charge on any atom is 0.0634 e. The molecule has 4 heteroatoms. The van der Waals surface area contributed by atoms with E-state index >= 15 is 0 Å². The van der Waals surface area contributed by atoms with Crippen molar-refractivity contribution in [2.24, 2.45) is 5.73 Å². The Morgan fingerprint density at radius 1 is 1.47 bits per heavy atom. The molecule has 1 unspecified atom stereocenters. The smallest absolute Gasteiger partial charge is 0.0634 e. The summed E-state index contributed by atoms with van der Waals surface area (Å²) in [7, 11) is 0. The predicted molar refractivity (Wildman–Crippen MR) is 85.6 cm³/mol. The topological polar surface area (TPSA) is 41.3 Å². The van der Waals surface area contributed by atoms with E-state index in [0.717, 1.165) is 29.7 Å². The standard InChI is InChI=1S/C15H24BrN3/c1-11(2)19-7-6-15(9-17,10-19)18-14-8-12(3)4-5-13(14)16/h4-5,8,11,18H,6-7,9-10,17H2,1-3H3. The van der Waals surface area contributed by atoms with Gasteiger partial charge in [0.2, 0.25) is 0 Å². The van der Waals surface area contributed by atoms with Gasteiger partial charge >= 0.3 is 0 Å². The van der Waals surface area contributed by atoms with Crippen LogP contribution in [0, 0.1) is 6.92 Å². The molecule has 0 saturated carbocycles. The van der Waals surface area contributed by atoms with Crippen LogP contribution in [0.3, 0.4) is 0 Å². The highest BCUT2D eigenvalue weighted by atomic mass is 79.9. The number of nitrogens with zero attached hydrogens (tertiary/aromatic N) is 1. The van der Waals surface area contributed by atoms with Crippen molar-refractivity contribution in [2.45, 2.75) is 38.8 Å². The Balaban J connectivity index is 2.18. The molecule has 3 N–H and O–H groups in total. The summed E-state index contributed by atoms with van der Waals surface area (Å²) >= 11 is 3.62. The van der Waals surface area contributed by atoms with Gasteiger partial charge in [0.25, 0.3) is 0 Å². The van der Waals surface area contributed by atoms with Crippen molar-refractivity contribution in [1.82, 2.24) is 4.90 Å². The number of anilines is 1. The molecule has 0 aliphatic carbocycles. The summed E-state index contributed by atoms with van der Waals surface area (Å²) in [5, 5.41) is 3.68. The average Bonchev–Trinajstić information content (AvgIpc) is 2.79. The van der Waals surface area contributed by atoms with E-state index in [4.69, 9.17) is 5.73 Å². The van der Waals surface area contributed by atoms with Crippen LogP contribution in [-0.2, 0) is 0 Å². The second-order valence-corrected chi connectivity index (χ2v) is 6.76. The number of rotatable bonds is 4. The third kappa shape index (κ3) is 3.30. The molecule has 1 atom stereocenters. The Hall–Kier alpha value is -0.580. The van der Waals surface area contributed by atoms with Crippen molar-refractivity contribution in [1.29, 1.82) is 0 Å². The highest BCUT2D eigenvalue weighted by Crippen LogP contribution is 2.31. The molecule has 1 fully saturated rings. The number of nitrogens with two attached hydrogens (primary N) is 1. The van der Waals surface area contributed by atoms with Crippen molar-refractivity contribution in [3.63, 3.8) is 0 Å². The molecule has 106 valence electrons. The molecule has 0 aromatic heterocycles. The highest BCUT2D eigenvalue weighted by molar-refractivity contribution is 9.10. The highest BCUT2D eigenvalue weighted by Gasteiger charge is 2.38. The van der Waals surface area contributed by atoms with Gasteiger partial charge in [-0.05, 0) is 60.8 Å². The number of nitrogens with one attached hydrogen (secondary N) is 1. The van der Waals surface area contributed by atoms with Crippen LogP contribution in [0.1, 0.15) is 25.8 Å². The predicted octanol–water partition coefficient (Wildman–Crippen LogP) is 2.98. The average molecular weight is 326 g/mol. The lowest BCUT2D eigenvalue weighted by atomic mass is 9.98. The number of halogens is 1. The van der Waals surface area contributed by atoms with E-state index in [2.05, 4.69) is 65.1 Å². The summed E-state index contributed by atoms with van der Waals surface area (Å²) in [5.74, 6) is 0. The fourth-order valence-electron chi connectivity index (χ4n) is 2.69. The number of likely N-dealkylation sites (tertiary alicyclic amines) is 1. The fraction of sp³-hybridized carbons (Fsp3) is 0.600. The van der Waals surface area contributed by atoms with Crippen molar-refractivity contribution in [2.75, 3.05) is 25.0 Å². The zero-order valence-corrected chi connectivity index (χ0v) is 13.6. The van der Waals surface area contributed by atoms with Crippen LogP contribution < -0.4 is 11.1 Å². The lowest BCUT2D eigenvalue weighted by Gasteiger charge is -2.32. The first-order valence-corrected chi connectivity index (χ1v) is 7.73. The zero-order valence-electron chi connectivity index (χ0n) is 12.0. The second kappa shape index (κ2) is 5.81. The monoisotopic (exact) mass is 325 g/mol.